The molecule has 0 unspecified atom stereocenters. The minimum atomic E-state index is -0.742. The van der Waals surface area contributed by atoms with Gasteiger partial charge < -0.3 is 14.6 Å². The number of carbonyl (C=O) groups is 2. The molecule has 0 fully saturated rings. The van der Waals surface area contributed by atoms with Crippen molar-refractivity contribution in [2.75, 3.05) is 11.9 Å². The van der Waals surface area contributed by atoms with Crippen LogP contribution in [0.3, 0.4) is 0 Å². The molecule has 26 heavy (non-hydrogen) atoms. The molecule has 0 saturated heterocycles. The fourth-order valence-electron chi connectivity index (χ4n) is 2.48. The third kappa shape index (κ3) is 3.64. The minimum Gasteiger partial charge on any atom is -0.450 e. The summed E-state index contributed by atoms with van der Waals surface area (Å²) in [5.74, 6) is -1.25. The highest BCUT2D eigenvalue weighted by Gasteiger charge is 2.18. The molecule has 1 aromatic carbocycles. The monoisotopic (exact) mass is 354 g/mol. The summed E-state index contributed by atoms with van der Waals surface area (Å²) in [6.45, 7) is 4.90. The lowest BCUT2D eigenvalue weighted by molar-refractivity contribution is -0.119. The number of anilines is 1. The van der Waals surface area contributed by atoms with Gasteiger partial charge >= 0.3 is 5.97 Å². The van der Waals surface area contributed by atoms with Gasteiger partial charge in [-0.05, 0) is 32.9 Å². The molecule has 3 aromatic rings. The van der Waals surface area contributed by atoms with Crippen LogP contribution < -0.4 is 5.32 Å². The number of hydrogen-bond donors (Lipinski definition) is 1. The van der Waals surface area contributed by atoms with E-state index in [4.69, 9.17) is 9.26 Å². The maximum Gasteiger partial charge on any atom is 0.377 e. The van der Waals surface area contributed by atoms with Gasteiger partial charge in [-0.25, -0.2) is 9.48 Å². The van der Waals surface area contributed by atoms with Crippen molar-refractivity contribution in [2.45, 2.75) is 20.8 Å². The second-order valence-corrected chi connectivity index (χ2v) is 5.75. The predicted molar refractivity (Wildman–Crippen MR) is 93.2 cm³/mol. The van der Waals surface area contributed by atoms with Crippen molar-refractivity contribution in [3.63, 3.8) is 0 Å². The summed E-state index contributed by atoms with van der Waals surface area (Å²) < 4.78 is 11.5. The molecule has 0 saturated carbocycles. The molecule has 2 heterocycles. The van der Waals surface area contributed by atoms with Gasteiger partial charge in [0.15, 0.2) is 6.61 Å². The maximum absolute atomic E-state index is 12.1. The van der Waals surface area contributed by atoms with Gasteiger partial charge in [0.05, 0.1) is 28.5 Å². The summed E-state index contributed by atoms with van der Waals surface area (Å²) in [6, 6.07) is 11.0. The summed E-state index contributed by atoms with van der Waals surface area (Å²) in [6.07, 6.45) is 0. The van der Waals surface area contributed by atoms with E-state index in [-0.39, 0.29) is 5.76 Å². The van der Waals surface area contributed by atoms with Crippen LogP contribution in [0, 0.1) is 20.8 Å². The molecule has 0 bridgehead atoms. The molecule has 8 nitrogen and oxygen atoms in total. The molecule has 0 aliphatic heterocycles. The minimum absolute atomic E-state index is 0.0421. The summed E-state index contributed by atoms with van der Waals surface area (Å²) in [7, 11) is 0. The first-order chi connectivity index (χ1) is 12.5. The summed E-state index contributed by atoms with van der Waals surface area (Å²) in [4.78, 5) is 23.9. The largest absolute Gasteiger partial charge is 0.450 e. The average molecular weight is 354 g/mol. The zero-order chi connectivity index (χ0) is 18.7. The lowest BCUT2D eigenvalue weighted by Crippen LogP contribution is -2.21. The molecule has 1 N–H and O–H groups in total. The Morgan fingerprint density at radius 3 is 2.58 bits per heavy atom. The second-order valence-electron chi connectivity index (χ2n) is 5.75. The van der Waals surface area contributed by atoms with Crippen molar-refractivity contribution in [1.29, 1.82) is 0 Å². The Hall–Kier alpha value is -3.42. The third-order valence-electron chi connectivity index (χ3n) is 3.72. The standard InChI is InChI=1S/C18H18N4O4/c1-11-9-15(26-21-11)18(24)25-10-16(23)19-17-12(2)20-22(13(17)3)14-7-5-4-6-8-14/h4-9H,10H2,1-3H3,(H,19,23). The van der Waals surface area contributed by atoms with Crippen molar-refractivity contribution >= 4 is 17.6 Å². The van der Waals surface area contributed by atoms with E-state index in [1.165, 1.54) is 6.07 Å². The first kappa shape index (κ1) is 17.4. The quantitative estimate of drug-likeness (QED) is 0.707. The van der Waals surface area contributed by atoms with Gasteiger partial charge in [-0.3, -0.25) is 4.79 Å². The molecule has 0 radical (unpaired) electrons. The molecular formula is C18H18N4O4. The van der Waals surface area contributed by atoms with E-state index in [1.54, 1.807) is 18.5 Å². The molecule has 0 aliphatic rings. The van der Waals surface area contributed by atoms with Crippen molar-refractivity contribution in [1.82, 2.24) is 14.9 Å². The Labute approximate surface area is 149 Å². The van der Waals surface area contributed by atoms with Crippen LogP contribution in [0.5, 0.6) is 0 Å². The SMILES string of the molecule is Cc1cc(C(=O)OCC(=O)Nc2c(C)nn(-c3ccccc3)c2C)on1. The lowest BCUT2D eigenvalue weighted by atomic mass is 10.3. The van der Waals surface area contributed by atoms with E-state index in [0.717, 1.165) is 11.4 Å². The predicted octanol–water partition coefficient (Wildman–Crippen LogP) is 2.58. The van der Waals surface area contributed by atoms with Gasteiger partial charge in [-0.15, -0.1) is 0 Å². The molecule has 134 valence electrons. The molecule has 2 aromatic heterocycles. The van der Waals surface area contributed by atoms with Crippen LogP contribution in [0.4, 0.5) is 5.69 Å². The fraction of sp³-hybridized carbons (Fsp3) is 0.222. The highest BCUT2D eigenvalue weighted by molar-refractivity contribution is 5.95. The van der Waals surface area contributed by atoms with Crippen LogP contribution >= 0.6 is 0 Å². The van der Waals surface area contributed by atoms with Crippen LogP contribution in [0.25, 0.3) is 5.69 Å². The Balaban J connectivity index is 1.66. The van der Waals surface area contributed by atoms with Crippen LogP contribution in [0.15, 0.2) is 40.9 Å². The van der Waals surface area contributed by atoms with Gasteiger partial charge in [-0.2, -0.15) is 5.10 Å². The average Bonchev–Trinajstić information content (AvgIpc) is 3.19. The van der Waals surface area contributed by atoms with E-state index in [9.17, 15) is 9.59 Å². The maximum atomic E-state index is 12.1. The van der Waals surface area contributed by atoms with Crippen molar-refractivity contribution < 1.29 is 18.8 Å². The number of aryl methyl sites for hydroxylation is 2. The van der Waals surface area contributed by atoms with E-state index in [1.807, 2.05) is 37.3 Å². The highest BCUT2D eigenvalue weighted by Crippen LogP contribution is 2.22. The number of esters is 1. The van der Waals surface area contributed by atoms with Crippen LogP contribution in [0.2, 0.25) is 0 Å². The first-order valence-electron chi connectivity index (χ1n) is 7.97. The number of para-hydroxylation sites is 1. The molecule has 0 aliphatic carbocycles. The number of rotatable bonds is 5. The zero-order valence-electron chi connectivity index (χ0n) is 14.6. The molecule has 3 rings (SSSR count). The first-order valence-corrected chi connectivity index (χ1v) is 7.97. The Morgan fingerprint density at radius 1 is 1.19 bits per heavy atom. The number of ether oxygens (including phenoxy) is 1. The van der Waals surface area contributed by atoms with Gasteiger partial charge in [0, 0.05) is 6.07 Å². The second kappa shape index (κ2) is 7.22. The zero-order valence-corrected chi connectivity index (χ0v) is 14.6. The summed E-state index contributed by atoms with van der Waals surface area (Å²) >= 11 is 0. The van der Waals surface area contributed by atoms with Gasteiger partial charge in [0.2, 0.25) is 5.76 Å². The number of carbonyl (C=O) groups excluding carboxylic acids is 2. The van der Waals surface area contributed by atoms with Gasteiger partial charge in [0.1, 0.15) is 0 Å². The Kier molecular flexibility index (Phi) is 4.83. The molecule has 1 amide bonds. The summed E-state index contributed by atoms with van der Waals surface area (Å²) in [5, 5.41) is 10.8. The van der Waals surface area contributed by atoms with Crippen LogP contribution in [-0.2, 0) is 9.53 Å². The fourth-order valence-corrected chi connectivity index (χ4v) is 2.48. The summed E-state index contributed by atoms with van der Waals surface area (Å²) in [5.41, 5.74) is 3.48. The van der Waals surface area contributed by atoms with Crippen molar-refractivity contribution in [3.8, 4) is 5.69 Å². The topological polar surface area (TPSA) is 99.2 Å². The lowest BCUT2D eigenvalue weighted by Gasteiger charge is -2.07. The number of benzene rings is 1. The van der Waals surface area contributed by atoms with Gasteiger partial charge in [-0.1, -0.05) is 23.4 Å². The molecule has 0 spiro atoms. The van der Waals surface area contributed by atoms with E-state index < -0.39 is 18.5 Å². The number of amides is 1. The van der Waals surface area contributed by atoms with Gasteiger partial charge in [0.25, 0.3) is 5.91 Å². The Morgan fingerprint density at radius 2 is 1.92 bits per heavy atom. The van der Waals surface area contributed by atoms with E-state index in [0.29, 0.717) is 17.1 Å². The smallest absolute Gasteiger partial charge is 0.377 e. The van der Waals surface area contributed by atoms with E-state index in [2.05, 4.69) is 15.6 Å². The normalized spacial score (nSPS) is 10.6. The molecular weight excluding hydrogens is 336 g/mol. The third-order valence-corrected chi connectivity index (χ3v) is 3.72. The highest BCUT2D eigenvalue weighted by atomic mass is 16.6. The number of aromatic nitrogens is 3. The molecule has 8 heteroatoms. The number of hydrogen-bond acceptors (Lipinski definition) is 6. The van der Waals surface area contributed by atoms with Crippen LogP contribution in [0.1, 0.15) is 27.6 Å². The molecule has 0 atom stereocenters. The van der Waals surface area contributed by atoms with Crippen molar-refractivity contribution in [2.24, 2.45) is 0 Å². The Bertz CT molecular complexity index is 944. The van der Waals surface area contributed by atoms with E-state index >= 15 is 0 Å². The van der Waals surface area contributed by atoms with Crippen LogP contribution in [-0.4, -0.2) is 33.4 Å². The number of nitrogens with zero attached hydrogens (tertiary/aromatic N) is 3. The van der Waals surface area contributed by atoms with Crippen molar-refractivity contribution in [3.05, 3.63) is 59.2 Å². The number of nitrogens with one attached hydrogen (secondary N) is 1.